The van der Waals surface area contributed by atoms with Gasteiger partial charge in [0, 0.05) is 24.4 Å². The van der Waals surface area contributed by atoms with Crippen LogP contribution in [0.4, 0.5) is 11.4 Å². The summed E-state index contributed by atoms with van der Waals surface area (Å²) in [5.74, 6) is 0. The van der Waals surface area contributed by atoms with Crippen LogP contribution in [-0.4, -0.2) is 21.7 Å². The van der Waals surface area contributed by atoms with E-state index < -0.39 is 11.0 Å². The number of non-ortho nitro benzene ring substituents is 1. The summed E-state index contributed by atoms with van der Waals surface area (Å²) < 4.78 is 0. The summed E-state index contributed by atoms with van der Waals surface area (Å²) >= 11 is 16.9. The fraction of sp³-hybridized carbons (Fsp3) is 0.133. The number of anilines is 1. The Morgan fingerprint density at radius 1 is 1.21 bits per heavy atom. The normalized spacial score (nSPS) is 11.6. The third kappa shape index (κ3) is 5.04. The van der Waals surface area contributed by atoms with E-state index in [1.807, 2.05) is 0 Å². The van der Waals surface area contributed by atoms with Crippen LogP contribution < -0.4 is 10.6 Å². The van der Waals surface area contributed by atoms with Crippen LogP contribution in [0.15, 0.2) is 42.5 Å². The van der Waals surface area contributed by atoms with Gasteiger partial charge in [0.1, 0.15) is 0 Å². The minimum atomic E-state index is -0.862. The van der Waals surface area contributed by atoms with Crippen LogP contribution in [0.5, 0.6) is 0 Å². The molecule has 0 radical (unpaired) electrons. The number of halogens is 2. The van der Waals surface area contributed by atoms with E-state index in [1.165, 1.54) is 24.3 Å². The zero-order chi connectivity index (χ0) is 17.7. The second-order valence-corrected chi connectivity index (χ2v) is 6.05. The number of benzene rings is 2. The standard InChI is InChI=1S/C15H13Cl2N3O3S/c16-12-6-3-10(7-13(12)17)19-15(24)18-8-14(21)9-1-4-11(5-2-9)20(22)23/h1-7,14,21H,8H2,(H2,18,19,24). The highest BCUT2D eigenvalue weighted by Crippen LogP contribution is 2.25. The largest absolute Gasteiger partial charge is 0.387 e. The summed E-state index contributed by atoms with van der Waals surface area (Å²) in [6.45, 7) is 0.144. The highest BCUT2D eigenvalue weighted by molar-refractivity contribution is 7.80. The van der Waals surface area contributed by atoms with Gasteiger partial charge in [0.25, 0.3) is 5.69 Å². The zero-order valence-electron chi connectivity index (χ0n) is 12.2. The Labute approximate surface area is 153 Å². The van der Waals surface area contributed by atoms with Gasteiger partial charge in [-0.25, -0.2) is 0 Å². The Balaban J connectivity index is 1.88. The van der Waals surface area contributed by atoms with Crippen molar-refractivity contribution in [1.29, 1.82) is 0 Å². The first kappa shape index (κ1) is 18.4. The van der Waals surface area contributed by atoms with Crippen molar-refractivity contribution in [2.75, 3.05) is 11.9 Å². The van der Waals surface area contributed by atoms with Crippen LogP contribution in [0, 0.1) is 10.1 Å². The third-order valence-corrected chi connectivity index (χ3v) is 4.11. The van der Waals surface area contributed by atoms with Gasteiger partial charge >= 0.3 is 0 Å². The number of nitro benzene ring substituents is 1. The molecule has 2 aromatic carbocycles. The van der Waals surface area contributed by atoms with Gasteiger partial charge in [0.15, 0.2) is 5.11 Å². The first-order valence-electron chi connectivity index (χ1n) is 6.79. The van der Waals surface area contributed by atoms with E-state index in [4.69, 9.17) is 35.4 Å². The van der Waals surface area contributed by atoms with E-state index in [0.29, 0.717) is 26.4 Å². The first-order chi connectivity index (χ1) is 11.4. The Kier molecular flexibility index (Phi) is 6.33. The van der Waals surface area contributed by atoms with E-state index in [1.54, 1.807) is 18.2 Å². The molecule has 0 aliphatic heterocycles. The first-order valence-corrected chi connectivity index (χ1v) is 7.95. The van der Waals surface area contributed by atoms with Gasteiger partial charge in [-0.3, -0.25) is 10.1 Å². The van der Waals surface area contributed by atoms with Crippen molar-refractivity contribution in [3.63, 3.8) is 0 Å². The number of nitrogens with zero attached hydrogens (tertiary/aromatic N) is 1. The predicted octanol–water partition coefficient (Wildman–Crippen LogP) is 3.92. The molecule has 2 aromatic rings. The Hall–Kier alpha value is -1.93. The van der Waals surface area contributed by atoms with E-state index in [2.05, 4.69) is 10.6 Å². The molecule has 6 nitrogen and oxygen atoms in total. The van der Waals surface area contributed by atoms with Crippen LogP contribution in [0.25, 0.3) is 0 Å². The van der Waals surface area contributed by atoms with Gasteiger partial charge in [0.2, 0.25) is 0 Å². The van der Waals surface area contributed by atoms with Crippen molar-refractivity contribution >= 4 is 51.9 Å². The summed E-state index contributed by atoms with van der Waals surface area (Å²) in [5.41, 5.74) is 1.17. The van der Waals surface area contributed by atoms with E-state index in [-0.39, 0.29) is 12.2 Å². The SMILES string of the molecule is O=[N+]([O-])c1ccc(C(O)CNC(=S)Nc2ccc(Cl)c(Cl)c2)cc1. The molecule has 2 rings (SSSR count). The predicted molar refractivity (Wildman–Crippen MR) is 98.7 cm³/mol. The second-order valence-electron chi connectivity index (χ2n) is 4.83. The number of hydrogen-bond acceptors (Lipinski definition) is 4. The molecular weight excluding hydrogens is 373 g/mol. The molecule has 1 atom stereocenters. The smallest absolute Gasteiger partial charge is 0.269 e. The number of hydrogen-bond donors (Lipinski definition) is 3. The van der Waals surface area contributed by atoms with Crippen molar-refractivity contribution in [2.45, 2.75) is 6.10 Å². The van der Waals surface area contributed by atoms with Crippen molar-refractivity contribution in [1.82, 2.24) is 5.32 Å². The number of aliphatic hydroxyl groups excluding tert-OH is 1. The number of thiocarbonyl (C=S) groups is 1. The Morgan fingerprint density at radius 3 is 2.46 bits per heavy atom. The summed E-state index contributed by atoms with van der Waals surface area (Å²) in [6.07, 6.45) is -0.862. The average molecular weight is 386 g/mol. The molecule has 3 N–H and O–H groups in total. The van der Waals surface area contributed by atoms with Gasteiger partial charge in [0.05, 0.1) is 21.1 Å². The molecule has 0 amide bonds. The molecule has 0 saturated carbocycles. The minimum absolute atomic E-state index is 0.0317. The number of rotatable bonds is 5. The molecule has 24 heavy (non-hydrogen) atoms. The fourth-order valence-electron chi connectivity index (χ4n) is 1.87. The van der Waals surface area contributed by atoms with Crippen LogP contribution >= 0.6 is 35.4 Å². The minimum Gasteiger partial charge on any atom is -0.387 e. The zero-order valence-corrected chi connectivity index (χ0v) is 14.5. The monoisotopic (exact) mass is 385 g/mol. The molecule has 9 heteroatoms. The van der Waals surface area contributed by atoms with Crippen molar-refractivity contribution in [2.24, 2.45) is 0 Å². The summed E-state index contributed by atoms with van der Waals surface area (Å²) in [7, 11) is 0. The summed E-state index contributed by atoms with van der Waals surface area (Å²) in [4.78, 5) is 10.1. The molecule has 0 fully saturated rings. The molecule has 0 spiro atoms. The lowest BCUT2D eigenvalue weighted by Crippen LogP contribution is -2.32. The van der Waals surface area contributed by atoms with Crippen LogP contribution in [0.1, 0.15) is 11.7 Å². The number of nitro groups is 1. The lowest BCUT2D eigenvalue weighted by molar-refractivity contribution is -0.384. The van der Waals surface area contributed by atoms with E-state index >= 15 is 0 Å². The highest BCUT2D eigenvalue weighted by atomic mass is 35.5. The van der Waals surface area contributed by atoms with Crippen LogP contribution in [-0.2, 0) is 0 Å². The molecule has 0 aliphatic carbocycles. The maximum absolute atomic E-state index is 10.6. The molecule has 0 heterocycles. The van der Waals surface area contributed by atoms with Gasteiger partial charge in [-0.05, 0) is 48.1 Å². The van der Waals surface area contributed by atoms with E-state index in [9.17, 15) is 15.2 Å². The molecule has 126 valence electrons. The van der Waals surface area contributed by atoms with Crippen molar-refractivity contribution < 1.29 is 10.0 Å². The lowest BCUT2D eigenvalue weighted by atomic mass is 10.1. The van der Waals surface area contributed by atoms with Crippen LogP contribution in [0.2, 0.25) is 10.0 Å². The van der Waals surface area contributed by atoms with Gasteiger partial charge in [-0.15, -0.1) is 0 Å². The van der Waals surface area contributed by atoms with Crippen LogP contribution in [0.3, 0.4) is 0 Å². The fourth-order valence-corrected chi connectivity index (χ4v) is 2.37. The van der Waals surface area contributed by atoms with E-state index in [0.717, 1.165) is 0 Å². The summed E-state index contributed by atoms with van der Waals surface area (Å²) in [6, 6.07) is 10.7. The molecule has 1 unspecified atom stereocenters. The number of nitrogens with one attached hydrogen (secondary N) is 2. The van der Waals surface area contributed by atoms with Gasteiger partial charge in [-0.2, -0.15) is 0 Å². The van der Waals surface area contributed by atoms with Gasteiger partial charge < -0.3 is 15.7 Å². The average Bonchev–Trinajstić information content (AvgIpc) is 2.56. The maximum Gasteiger partial charge on any atom is 0.269 e. The van der Waals surface area contributed by atoms with Gasteiger partial charge in [-0.1, -0.05) is 23.2 Å². The maximum atomic E-state index is 10.6. The molecule has 0 bridgehead atoms. The molecule has 0 saturated heterocycles. The Morgan fingerprint density at radius 2 is 1.88 bits per heavy atom. The lowest BCUT2D eigenvalue weighted by Gasteiger charge is -2.15. The second kappa shape index (κ2) is 8.25. The Bertz CT molecular complexity index is 756. The summed E-state index contributed by atoms with van der Waals surface area (Å²) in [5, 5.41) is 27.6. The quantitative estimate of drug-likeness (QED) is 0.410. The molecular formula is C15H13Cl2N3O3S. The van der Waals surface area contributed by atoms with Crippen molar-refractivity contribution in [3.05, 3.63) is 68.2 Å². The highest BCUT2D eigenvalue weighted by Gasteiger charge is 2.11. The van der Waals surface area contributed by atoms with Crippen molar-refractivity contribution in [3.8, 4) is 0 Å². The molecule has 0 aromatic heterocycles. The topological polar surface area (TPSA) is 87.4 Å². The number of aliphatic hydroxyl groups is 1. The third-order valence-electron chi connectivity index (χ3n) is 3.12. The molecule has 0 aliphatic rings.